The molecule has 0 saturated heterocycles. The van der Waals surface area contributed by atoms with Crippen LogP contribution in [0.5, 0.6) is 0 Å². The minimum Gasteiger partial charge on any atom is -0.373 e. The molecule has 0 aliphatic carbocycles. The SMILES string of the molecule is CCC(Nc1c(F)cc(F)cc1F)c1ccc(Br)cc1. The summed E-state index contributed by atoms with van der Waals surface area (Å²) in [5, 5.41) is 2.80. The van der Waals surface area contributed by atoms with Crippen LogP contribution in [0.2, 0.25) is 0 Å². The smallest absolute Gasteiger partial charge is 0.152 e. The van der Waals surface area contributed by atoms with Crippen molar-refractivity contribution >= 4 is 21.6 Å². The van der Waals surface area contributed by atoms with Crippen molar-refractivity contribution in [1.29, 1.82) is 0 Å². The van der Waals surface area contributed by atoms with Gasteiger partial charge in [-0.25, -0.2) is 13.2 Å². The number of nitrogens with one attached hydrogen (secondary N) is 1. The van der Waals surface area contributed by atoms with E-state index in [1.54, 1.807) is 0 Å². The molecule has 20 heavy (non-hydrogen) atoms. The molecule has 0 fully saturated rings. The van der Waals surface area contributed by atoms with Gasteiger partial charge in [0, 0.05) is 16.6 Å². The zero-order valence-electron chi connectivity index (χ0n) is 10.8. The first-order valence-electron chi connectivity index (χ1n) is 6.17. The molecule has 1 nitrogen and oxygen atoms in total. The monoisotopic (exact) mass is 343 g/mol. The van der Waals surface area contributed by atoms with Gasteiger partial charge in [-0.2, -0.15) is 0 Å². The number of benzene rings is 2. The number of halogens is 4. The summed E-state index contributed by atoms with van der Waals surface area (Å²) in [5.74, 6) is -2.79. The van der Waals surface area contributed by atoms with E-state index in [0.29, 0.717) is 18.6 Å². The molecular formula is C15H13BrF3N. The molecule has 2 aromatic carbocycles. The fourth-order valence-corrected chi connectivity index (χ4v) is 2.23. The second-order valence-corrected chi connectivity index (χ2v) is 5.32. The number of hydrogen-bond donors (Lipinski definition) is 1. The maximum atomic E-state index is 13.6. The molecule has 5 heteroatoms. The minimum atomic E-state index is -0.932. The van der Waals surface area contributed by atoms with Gasteiger partial charge in [-0.15, -0.1) is 0 Å². The molecule has 0 aliphatic rings. The highest BCUT2D eigenvalue weighted by Crippen LogP contribution is 2.28. The van der Waals surface area contributed by atoms with Crippen LogP contribution in [0.3, 0.4) is 0 Å². The first-order valence-corrected chi connectivity index (χ1v) is 6.97. The fraction of sp³-hybridized carbons (Fsp3) is 0.200. The molecular weight excluding hydrogens is 331 g/mol. The van der Waals surface area contributed by atoms with Gasteiger partial charge in [0.05, 0.1) is 6.04 Å². The lowest BCUT2D eigenvalue weighted by Gasteiger charge is -2.19. The Hall–Kier alpha value is -1.49. The van der Waals surface area contributed by atoms with Crippen molar-refractivity contribution in [3.63, 3.8) is 0 Å². The molecule has 106 valence electrons. The van der Waals surface area contributed by atoms with Gasteiger partial charge in [0.15, 0.2) is 11.6 Å². The zero-order valence-corrected chi connectivity index (χ0v) is 12.3. The third kappa shape index (κ3) is 3.33. The van der Waals surface area contributed by atoms with Crippen LogP contribution in [0.4, 0.5) is 18.9 Å². The molecule has 0 saturated carbocycles. The third-order valence-electron chi connectivity index (χ3n) is 3.01. The number of rotatable bonds is 4. The van der Waals surface area contributed by atoms with Gasteiger partial charge in [-0.1, -0.05) is 35.0 Å². The summed E-state index contributed by atoms with van der Waals surface area (Å²) in [5.41, 5.74) is 0.597. The quantitative estimate of drug-likeness (QED) is 0.780. The van der Waals surface area contributed by atoms with E-state index in [1.165, 1.54) is 0 Å². The van der Waals surface area contributed by atoms with Gasteiger partial charge in [0.2, 0.25) is 0 Å². The fourth-order valence-electron chi connectivity index (χ4n) is 1.97. The molecule has 0 aliphatic heterocycles. The van der Waals surface area contributed by atoms with Crippen LogP contribution in [0.1, 0.15) is 24.9 Å². The van der Waals surface area contributed by atoms with Crippen LogP contribution in [0, 0.1) is 17.5 Å². The van der Waals surface area contributed by atoms with Crippen molar-refractivity contribution in [3.8, 4) is 0 Å². The third-order valence-corrected chi connectivity index (χ3v) is 3.53. The Morgan fingerprint density at radius 2 is 1.60 bits per heavy atom. The van der Waals surface area contributed by atoms with Crippen molar-refractivity contribution in [2.24, 2.45) is 0 Å². The Balaban J connectivity index is 2.29. The average molecular weight is 344 g/mol. The highest BCUT2D eigenvalue weighted by atomic mass is 79.9. The van der Waals surface area contributed by atoms with E-state index in [0.717, 1.165) is 10.0 Å². The summed E-state index contributed by atoms with van der Waals surface area (Å²) >= 11 is 3.33. The highest BCUT2D eigenvalue weighted by molar-refractivity contribution is 9.10. The topological polar surface area (TPSA) is 12.0 Å². The zero-order chi connectivity index (χ0) is 14.7. The van der Waals surface area contributed by atoms with Gasteiger partial charge in [-0.05, 0) is 24.1 Å². The molecule has 0 aromatic heterocycles. The van der Waals surface area contributed by atoms with Crippen LogP contribution in [-0.2, 0) is 0 Å². The van der Waals surface area contributed by atoms with Crippen LogP contribution in [-0.4, -0.2) is 0 Å². The predicted molar refractivity (Wildman–Crippen MR) is 77.1 cm³/mol. The lowest BCUT2D eigenvalue weighted by atomic mass is 10.0. The highest BCUT2D eigenvalue weighted by Gasteiger charge is 2.16. The van der Waals surface area contributed by atoms with Crippen LogP contribution >= 0.6 is 15.9 Å². The lowest BCUT2D eigenvalue weighted by Crippen LogP contribution is -2.12. The van der Waals surface area contributed by atoms with Gasteiger partial charge < -0.3 is 5.32 Å². The van der Waals surface area contributed by atoms with Gasteiger partial charge in [-0.3, -0.25) is 0 Å². The second kappa shape index (κ2) is 6.31. The Kier molecular flexibility index (Phi) is 4.70. The van der Waals surface area contributed by atoms with Gasteiger partial charge >= 0.3 is 0 Å². The molecule has 0 bridgehead atoms. The first kappa shape index (κ1) is 14.9. The molecule has 0 amide bonds. The van der Waals surface area contributed by atoms with Crippen LogP contribution in [0.25, 0.3) is 0 Å². The maximum absolute atomic E-state index is 13.6. The van der Waals surface area contributed by atoms with E-state index >= 15 is 0 Å². The van der Waals surface area contributed by atoms with Gasteiger partial charge in [0.1, 0.15) is 11.5 Å². The van der Waals surface area contributed by atoms with E-state index in [4.69, 9.17) is 0 Å². The Labute approximate surface area is 123 Å². The minimum absolute atomic E-state index is 0.252. The Bertz CT molecular complexity index is 576. The van der Waals surface area contributed by atoms with Crippen molar-refractivity contribution in [2.45, 2.75) is 19.4 Å². The van der Waals surface area contributed by atoms with Crippen molar-refractivity contribution < 1.29 is 13.2 Å². The number of hydrogen-bond acceptors (Lipinski definition) is 1. The molecule has 0 spiro atoms. The van der Waals surface area contributed by atoms with Gasteiger partial charge in [0.25, 0.3) is 0 Å². The standard InChI is InChI=1S/C15H13BrF3N/c1-2-14(9-3-5-10(16)6-4-9)20-15-12(18)7-11(17)8-13(15)19/h3-8,14,20H,2H2,1H3. The molecule has 0 heterocycles. The van der Waals surface area contributed by atoms with E-state index in [9.17, 15) is 13.2 Å². The van der Waals surface area contributed by atoms with E-state index in [2.05, 4.69) is 21.2 Å². The maximum Gasteiger partial charge on any atom is 0.152 e. The molecule has 2 rings (SSSR count). The summed E-state index contributed by atoms with van der Waals surface area (Å²) in [4.78, 5) is 0. The lowest BCUT2D eigenvalue weighted by molar-refractivity contribution is 0.543. The Morgan fingerprint density at radius 1 is 1.05 bits per heavy atom. The summed E-state index contributed by atoms with van der Waals surface area (Å²) in [6, 6.07) is 8.53. The van der Waals surface area contributed by atoms with Crippen molar-refractivity contribution in [1.82, 2.24) is 0 Å². The first-order chi connectivity index (χ1) is 9.51. The Morgan fingerprint density at radius 3 is 2.10 bits per heavy atom. The summed E-state index contributed by atoms with van der Waals surface area (Å²) in [6.45, 7) is 1.90. The number of anilines is 1. The van der Waals surface area contributed by atoms with E-state index < -0.39 is 17.5 Å². The molecule has 2 aromatic rings. The molecule has 1 unspecified atom stereocenters. The van der Waals surface area contributed by atoms with Crippen molar-refractivity contribution in [3.05, 3.63) is 63.9 Å². The largest absolute Gasteiger partial charge is 0.373 e. The average Bonchev–Trinajstić information content (AvgIpc) is 2.39. The summed E-state index contributed by atoms with van der Waals surface area (Å²) in [7, 11) is 0. The van der Waals surface area contributed by atoms with Crippen LogP contribution < -0.4 is 5.32 Å². The molecule has 1 N–H and O–H groups in total. The van der Waals surface area contributed by atoms with E-state index in [1.807, 2.05) is 31.2 Å². The molecule has 0 radical (unpaired) electrons. The predicted octanol–water partition coefficient (Wildman–Crippen LogP) is 5.43. The van der Waals surface area contributed by atoms with Crippen LogP contribution in [0.15, 0.2) is 40.9 Å². The summed E-state index contributed by atoms with van der Waals surface area (Å²) < 4.78 is 41.1. The van der Waals surface area contributed by atoms with E-state index in [-0.39, 0.29) is 11.7 Å². The van der Waals surface area contributed by atoms with Crippen molar-refractivity contribution in [2.75, 3.05) is 5.32 Å². The summed E-state index contributed by atoms with van der Waals surface area (Å²) in [6.07, 6.45) is 0.637. The normalized spacial score (nSPS) is 12.2. The molecule has 1 atom stereocenters. The second-order valence-electron chi connectivity index (χ2n) is 4.40.